The second-order valence-corrected chi connectivity index (χ2v) is 10.8. The molecule has 8 heteroatoms. The van der Waals surface area contributed by atoms with E-state index in [-0.39, 0.29) is 12.6 Å². The minimum Gasteiger partial charge on any atom is -0.497 e. The molecule has 0 radical (unpaired) electrons. The van der Waals surface area contributed by atoms with Crippen LogP contribution in [0, 0.1) is 0 Å². The largest absolute Gasteiger partial charge is 0.497 e. The Balaban J connectivity index is 1.39. The second-order valence-electron chi connectivity index (χ2n) is 7.73. The Morgan fingerprint density at radius 3 is 2.52 bits per heavy atom. The van der Waals surface area contributed by atoms with Crippen LogP contribution < -0.4 is 4.74 Å². The van der Waals surface area contributed by atoms with Gasteiger partial charge in [0, 0.05) is 12.6 Å². The molecule has 6 nitrogen and oxygen atoms in total. The van der Waals surface area contributed by atoms with Gasteiger partial charge in [-0.2, -0.15) is 4.31 Å². The van der Waals surface area contributed by atoms with E-state index in [0.29, 0.717) is 9.97 Å². The van der Waals surface area contributed by atoms with Crippen LogP contribution in [0.2, 0.25) is 0 Å². The topological polar surface area (TPSA) is 63.0 Å². The lowest BCUT2D eigenvalue weighted by Gasteiger charge is -2.37. The van der Waals surface area contributed by atoms with Crippen molar-refractivity contribution in [1.29, 1.82) is 0 Å². The van der Waals surface area contributed by atoms with E-state index in [9.17, 15) is 8.42 Å². The van der Waals surface area contributed by atoms with Crippen LogP contribution in [-0.4, -0.2) is 50.4 Å². The number of piperidine rings is 1. The van der Waals surface area contributed by atoms with E-state index in [0.717, 1.165) is 44.6 Å². The van der Waals surface area contributed by atoms with Crippen molar-refractivity contribution < 1.29 is 17.6 Å². The molecule has 0 N–H and O–H groups in total. The summed E-state index contributed by atoms with van der Waals surface area (Å²) in [6, 6.07) is 15.2. The predicted octanol–water partition coefficient (Wildman–Crippen LogP) is 4.25. The smallest absolute Gasteiger partial charge is 0.253 e. The van der Waals surface area contributed by atoms with E-state index in [4.69, 9.17) is 9.15 Å². The normalized spacial score (nSPS) is 16.1. The zero-order chi connectivity index (χ0) is 21.7. The summed E-state index contributed by atoms with van der Waals surface area (Å²) in [6.45, 7) is 3.00. The van der Waals surface area contributed by atoms with E-state index < -0.39 is 10.0 Å². The van der Waals surface area contributed by atoms with Crippen LogP contribution in [0.25, 0.3) is 0 Å². The summed E-state index contributed by atoms with van der Waals surface area (Å²) in [5, 5.41) is 1.81. The lowest BCUT2D eigenvalue weighted by molar-refractivity contribution is 0.153. The number of methoxy groups -OCH3 is 1. The minimum atomic E-state index is -3.55. The number of sulfonamides is 1. The third-order valence-corrected chi connectivity index (χ3v) is 9.06. The van der Waals surface area contributed by atoms with Crippen LogP contribution in [0.15, 0.2) is 68.8 Å². The molecule has 0 atom stereocenters. The van der Waals surface area contributed by atoms with Crippen molar-refractivity contribution >= 4 is 21.4 Å². The highest BCUT2D eigenvalue weighted by Crippen LogP contribution is 2.29. The average Bonchev–Trinajstić information content (AvgIpc) is 3.51. The number of hydrogen-bond donors (Lipinski definition) is 0. The van der Waals surface area contributed by atoms with E-state index in [2.05, 4.69) is 17.0 Å². The molecule has 1 aliphatic heterocycles. The maximum Gasteiger partial charge on any atom is 0.253 e. The van der Waals surface area contributed by atoms with E-state index in [1.54, 1.807) is 41.3 Å². The Kier molecular flexibility index (Phi) is 7.12. The van der Waals surface area contributed by atoms with Crippen molar-refractivity contribution in [2.45, 2.75) is 36.1 Å². The zero-order valence-corrected chi connectivity index (χ0v) is 19.3. The van der Waals surface area contributed by atoms with Gasteiger partial charge >= 0.3 is 0 Å². The molecule has 166 valence electrons. The lowest BCUT2D eigenvalue weighted by atomic mass is 10.0. The van der Waals surface area contributed by atoms with Crippen molar-refractivity contribution in [2.75, 3.05) is 26.7 Å². The molecular weight excluding hydrogens is 432 g/mol. The average molecular weight is 461 g/mol. The number of rotatable bonds is 9. The number of likely N-dealkylation sites (tertiary alicyclic amines) is 1. The molecule has 4 rings (SSSR count). The molecule has 1 fully saturated rings. The Morgan fingerprint density at radius 1 is 1.13 bits per heavy atom. The maximum atomic E-state index is 13.3. The molecule has 0 spiro atoms. The van der Waals surface area contributed by atoms with Crippen molar-refractivity contribution in [3.8, 4) is 5.75 Å². The molecule has 0 unspecified atom stereocenters. The number of furan rings is 1. The molecule has 1 aliphatic rings. The molecule has 31 heavy (non-hydrogen) atoms. The Hall–Kier alpha value is -2.13. The van der Waals surface area contributed by atoms with Crippen LogP contribution in [0.4, 0.5) is 0 Å². The Labute approximate surface area is 188 Å². The second kappa shape index (κ2) is 9.99. The highest BCUT2D eigenvalue weighted by Gasteiger charge is 2.35. The van der Waals surface area contributed by atoms with Gasteiger partial charge in [-0.25, -0.2) is 8.42 Å². The fourth-order valence-corrected chi connectivity index (χ4v) is 6.77. The van der Waals surface area contributed by atoms with Crippen molar-refractivity contribution in [2.24, 2.45) is 0 Å². The van der Waals surface area contributed by atoms with Crippen LogP contribution in [0.5, 0.6) is 5.75 Å². The summed E-state index contributed by atoms with van der Waals surface area (Å²) in [5.74, 6) is 1.54. The molecule has 3 heterocycles. The van der Waals surface area contributed by atoms with E-state index in [1.807, 2.05) is 18.2 Å². The molecule has 0 aliphatic carbocycles. The highest BCUT2D eigenvalue weighted by atomic mass is 32.2. The van der Waals surface area contributed by atoms with Gasteiger partial charge in [0.1, 0.15) is 15.7 Å². The quantitative estimate of drug-likeness (QED) is 0.478. The van der Waals surface area contributed by atoms with Gasteiger partial charge in [-0.3, -0.25) is 0 Å². The van der Waals surface area contributed by atoms with Gasteiger partial charge in [-0.05, 0) is 73.6 Å². The molecule has 0 amide bonds. The number of ether oxygens (including phenoxy) is 1. The SMILES string of the molecule is COc1ccc(CCN2CCC(N(Cc3ccco3)S(=O)(=O)c3cccs3)CC2)cc1. The van der Waals surface area contributed by atoms with Crippen molar-refractivity contribution in [3.05, 3.63) is 71.5 Å². The van der Waals surface area contributed by atoms with Gasteiger partial charge in [0.25, 0.3) is 10.0 Å². The predicted molar refractivity (Wildman–Crippen MR) is 122 cm³/mol. The third kappa shape index (κ3) is 5.38. The zero-order valence-electron chi connectivity index (χ0n) is 17.6. The molecular formula is C23H28N2O4S2. The molecule has 3 aromatic rings. The standard InChI is InChI=1S/C23H28N2O4S2/c1-28-21-8-6-19(7-9-21)10-13-24-14-11-20(12-15-24)25(18-22-4-2-16-29-22)31(26,27)23-5-3-17-30-23/h2-9,16-17,20H,10-15,18H2,1H3. The van der Waals surface area contributed by atoms with Crippen LogP contribution in [0.1, 0.15) is 24.2 Å². The first kappa shape index (κ1) is 22.1. The number of nitrogens with zero attached hydrogens (tertiary/aromatic N) is 2. The first-order valence-corrected chi connectivity index (χ1v) is 12.8. The lowest BCUT2D eigenvalue weighted by Crippen LogP contribution is -2.47. The van der Waals surface area contributed by atoms with Gasteiger partial charge in [0.15, 0.2) is 0 Å². The van der Waals surface area contributed by atoms with Gasteiger partial charge in [0.2, 0.25) is 0 Å². The van der Waals surface area contributed by atoms with Gasteiger partial charge < -0.3 is 14.1 Å². The third-order valence-electron chi connectivity index (χ3n) is 5.79. The van der Waals surface area contributed by atoms with Gasteiger partial charge in [0.05, 0.1) is 19.9 Å². The van der Waals surface area contributed by atoms with E-state index in [1.165, 1.54) is 16.9 Å². The summed E-state index contributed by atoms with van der Waals surface area (Å²) in [5.41, 5.74) is 1.28. The number of benzene rings is 1. The molecule has 0 saturated carbocycles. The van der Waals surface area contributed by atoms with Crippen LogP contribution in [0.3, 0.4) is 0 Å². The summed E-state index contributed by atoms with van der Waals surface area (Å²) < 4.78 is 39.4. The first-order chi connectivity index (χ1) is 15.1. The Bertz CT molecular complexity index is 1020. The summed E-state index contributed by atoms with van der Waals surface area (Å²) in [4.78, 5) is 2.42. The Morgan fingerprint density at radius 2 is 1.90 bits per heavy atom. The fraction of sp³-hybridized carbons (Fsp3) is 0.391. The van der Waals surface area contributed by atoms with Gasteiger partial charge in [-0.1, -0.05) is 18.2 Å². The first-order valence-electron chi connectivity index (χ1n) is 10.5. The van der Waals surface area contributed by atoms with E-state index >= 15 is 0 Å². The van der Waals surface area contributed by atoms with Crippen molar-refractivity contribution in [1.82, 2.24) is 9.21 Å². The van der Waals surface area contributed by atoms with Gasteiger partial charge in [-0.15, -0.1) is 11.3 Å². The minimum absolute atomic E-state index is 0.0329. The van der Waals surface area contributed by atoms with Crippen molar-refractivity contribution in [3.63, 3.8) is 0 Å². The molecule has 2 aromatic heterocycles. The number of hydrogen-bond acceptors (Lipinski definition) is 6. The highest BCUT2D eigenvalue weighted by molar-refractivity contribution is 7.91. The van der Waals surface area contributed by atoms with Crippen LogP contribution >= 0.6 is 11.3 Å². The maximum absolute atomic E-state index is 13.3. The number of thiophene rings is 1. The molecule has 0 bridgehead atoms. The summed E-state index contributed by atoms with van der Waals surface area (Å²) >= 11 is 1.26. The molecule has 1 saturated heterocycles. The summed E-state index contributed by atoms with van der Waals surface area (Å²) in [6.07, 6.45) is 4.19. The van der Waals surface area contributed by atoms with Crippen LogP contribution in [-0.2, 0) is 23.0 Å². The summed E-state index contributed by atoms with van der Waals surface area (Å²) in [7, 11) is -1.88. The monoisotopic (exact) mass is 460 g/mol. The molecule has 1 aromatic carbocycles. The fourth-order valence-electron chi connectivity index (χ4n) is 4.00.